The van der Waals surface area contributed by atoms with Crippen LogP contribution in [-0.4, -0.2) is 16.1 Å². The molecule has 0 aliphatic carbocycles. The first-order valence-corrected chi connectivity index (χ1v) is 4.67. The predicted octanol–water partition coefficient (Wildman–Crippen LogP) is 2.11. The Morgan fingerprint density at radius 3 is 2.75 bits per heavy atom. The molecule has 2 rings (SSSR count). The Morgan fingerprint density at radius 1 is 1.38 bits per heavy atom. The lowest BCUT2D eigenvalue weighted by Gasteiger charge is -2.04. The number of pyridine rings is 1. The van der Waals surface area contributed by atoms with Gasteiger partial charge in [-0.1, -0.05) is 0 Å². The molecule has 0 aliphatic heterocycles. The SMILES string of the molecule is Cc1ccc2c(C#N)ccc(C(=O)O)c2n1. The molecule has 1 aromatic carbocycles. The molecule has 0 radical (unpaired) electrons. The van der Waals surface area contributed by atoms with E-state index in [1.807, 2.05) is 6.07 Å². The maximum Gasteiger partial charge on any atom is 0.337 e. The van der Waals surface area contributed by atoms with E-state index in [1.54, 1.807) is 19.1 Å². The van der Waals surface area contributed by atoms with E-state index in [9.17, 15) is 4.79 Å². The van der Waals surface area contributed by atoms with Gasteiger partial charge in [0.15, 0.2) is 0 Å². The zero-order valence-corrected chi connectivity index (χ0v) is 8.56. The number of carboxylic acid groups (broad SMARTS) is 1. The molecule has 0 fully saturated rings. The molecule has 4 heteroatoms. The lowest BCUT2D eigenvalue weighted by molar-refractivity contribution is 0.0699. The number of carboxylic acids is 1. The number of hydrogen-bond donors (Lipinski definition) is 1. The normalized spacial score (nSPS) is 10.0. The predicted molar refractivity (Wildman–Crippen MR) is 58.2 cm³/mol. The number of rotatable bonds is 1. The van der Waals surface area contributed by atoms with Gasteiger partial charge in [0, 0.05) is 11.1 Å². The molecule has 4 nitrogen and oxygen atoms in total. The summed E-state index contributed by atoms with van der Waals surface area (Å²) in [6.45, 7) is 1.78. The van der Waals surface area contributed by atoms with Gasteiger partial charge in [-0.15, -0.1) is 0 Å². The number of aryl methyl sites for hydroxylation is 1. The van der Waals surface area contributed by atoms with E-state index < -0.39 is 5.97 Å². The maximum atomic E-state index is 11.0. The number of aromatic carboxylic acids is 1. The van der Waals surface area contributed by atoms with Crippen LogP contribution in [0.2, 0.25) is 0 Å². The Labute approximate surface area is 91.8 Å². The Bertz CT molecular complexity index is 627. The molecule has 0 bridgehead atoms. The first kappa shape index (κ1) is 10.1. The van der Waals surface area contributed by atoms with Crippen molar-refractivity contribution in [2.75, 3.05) is 0 Å². The minimum atomic E-state index is -1.03. The number of nitriles is 1. The van der Waals surface area contributed by atoms with Gasteiger partial charge in [0.1, 0.15) is 0 Å². The van der Waals surface area contributed by atoms with Crippen molar-refractivity contribution in [1.29, 1.82) is 5.26 Å². The number of benzene rings is 1. The highest BCUT2D eigenvalue weighted by Crippen LogP contribution is 2.21. The second-order valence-electron chi connectivity index (χ2n) is 3.43. The van der Waals surface area contributed by atoms with Crippen LogP contribution in [0.25, 0.3) is 10.9 Å². The molecule has 0 spiro atoms. The maximum absolute atomic E-state index is 11.0. The summed E-state index contributed by atoms with van der Waals surface area (Å²) in [4.78, 5) is 15.2. The van der Waals surface area contributed by atoms with Gasteiger partial charge in [-0.25, -0.2) is 4.79 Å². The Balaban J connectivity index is 2.93. The van der Waals surface area contributed by atoms with Crippen molar-refractivity contribution >= 4 is 16.9 Å². The topological polar surface area (TPSA) is 74.0 Å². The second-order valence-corrected chi connectivity index (χ2v) is 3.43. The third-order valence-corrected chi connectivity index (χ3v) is 2.35. The van der Waals surface area contributed by atoms with Crippen molar-refractivity contribution in [3.8, 4) is 6.07 Å². The van der Waals surface area contributed by atoms with Gasteiger partial charge in [0.25, 0.3) is 0 Å². The van der Waals surface area contributed by atoms with Gasteiger partial charge in [0.05, 0.1) is 22.7 Å². The second kappa shape index (κ2) is 3.63. The van der Waals surface area contributed by atoms with Crippen LogP contribution in [0.1, 0.15) is 21.6 Å². The Morgan fingerprint density at radius 2 is 2.12 bits per heavy atom. The average molecular weight is 212 g/mol. The number of hydrogen-bond acceptors (Lipinski definition) is 3. The van der Waals surface area contributed by atoms with Crippen molar-refractivity contribution in [1.82, 2.24) is 4.98 Å². The first-order valence-electron chi connectivity index (χ1n) is 4.67. The number of nitrogens with zero attached hydrogens (tertiary/aromatic N) is 2. The van der Waals surface area contributed by atoms with Crippen LogP contribution in [0, 0.1) is 18.3 Å². The zero-order chi connectivity index (χ0) is 11.7. The van der Waals surface area contributed by atoms with E-state index in [0.717, 1.165) is 5.69 Å². The summed E-state index contributed by atoms with van der Waals surface area (Å²) in [5.74, 6) is -1.03. The molecule has 1 heterocycles. The Kier molecular flexibility index (Phi) is 2.29. The molecule has 78 valence electrons. The largest absolute Gasteiger partial charge is 0.478 e. The Hall–Kier alpha value is -2.41. The third kappa shape index (κ3) is 1.48. The first-order chi connectivity index (χ1) is 7.63. The van der Waals surface area contributed by atoms with Crippen LogP contribution in [0.4, 0.5) is 0 Å². The zero-order valence-electron chi connectivity index (χ0n) is 8.56. The van der Waals surface area contributed by atoms with Crippen LogP contribution >= 0.6 is 0 Å². The molecular formula is C12H8N2O2. The highest BCUT2D eigenvalue weighted by molar-refractivity contribution is 6.03. The molecule has 2 aromatic rings. The smallest absolute Gasteiger partial charge is 0.337 e. The lowest BCUT2D eigenvalue weighted by atomic mass is 10.0. The minimum absolute atomic E-state index is 0.123. The fourth-order valence-corrected chi connectivity index (χ4v) is 1.58. The van der Waals surface area contributed by atoms with Crippen LogP contribution in [-0.2, 0) is 0 Å². The summed E-state index contributed by atoms with van der Waals surface area (Å²) in [5.41, 5.74) is 1.65. The highest BCUT2D eigenvalue weighted by atomic mass is 16.4. The summed E-state index contributed by atoms with van der Waals surface area (Å²) < 4.78 is 0. The summed E-state index contributed by atoms with van der Waals surface area (Å²) in [5, 5.41) is 18.5. The van der Waals surface area contributed by atoms with Crippen molar-refractivity contribution in [2.24, 2.45) is 0 Å². The van der Waals surface area contributed by atoms with Gasteiger partial charge in [-0.2, -0.15) is 5.26 Å². The number of fused-ring (bicyclic) bond motifs is 1. The average Bonchev–Trinajstić information content (AvgIpc) is 2.26. The summed E-state index contributed by atoms with van der Waals surface area (Å²) in [7, 11) is 0. The van der Waals surface area contributed by atoms with Gasteiger partial charge in [-0.05, 0) is 31.2 Å². The van der Waals surface area contributed by atoms with E-state index in [-0.39, 0.29) is 5.56 Å². The molecule has 0 aliphatic rings. The molecule has 0 saturated carbocycles. The molecule has 0 unspecified atom stereocenters. The van der Waals surface area contributed by atoms with E-state index in [1.165, 1.54) is 12.1 Å². The quantitative estimate of drug-likeness (QED) is 0.785. The monoisotopic (exact) mass is 212 g/mol. The van der Waals surface area contributed by atoms with Crippen LogP contribution in [0.5, 0.6) is 0 Å². The van der Waals surface area contributed by atoms with E-state index in [2.05, 4.69) is 4.98 Å². The van der Waals surface area contributed by atoms with E-state index in [4.69, 9.17) is 10.4 Å². The van der Waals surface area contributed by atoms with Crippen LogP contribution in [0.15, 0.2) is 24.3 Å². The van der Waals surface area contributed by atoms with Gasteiger partial charge >= 0.3 is 5.97 Å². The van der Waals surface area contributed by atoms with Crippen molar-refractivity contribution in [2.45, 2.75) is 6.92 Å². The third-order valence-electron chi connectivity index (χ3n) is 2.35. The summed E-state index contributed by atoms with van der Waals surface area (Å²) in [6, 6.07) is 8.42. The number of carbonyl (C=O) groups is 1. The molecule has 0 saturated heterocycles. The molecule has 0 atom stereocenters. The van der Waals surface area contributed by atoms with Crippen molar-refractivity contribution < 1.29 is 9.90 Å². The van der Waals surface area contributed by atoms with E-state index >= 15 is 0 Å². The van der Waals surface area contributed by atoms with Gasteiger partial charge in [-0.3, -0.25) is 4.98 Å². The molecule has 1 aromatic heterocycles. The fraction of sp³-hybridized carbons (Fsp3) is 0.0833. The molecule has 16 heavy (non-hydrogen) atoms. The van der Waals surface area contributed by atoms with Crippen molar-refractivity contribution in [3.05, 3.63) is 41.1 Å². The van der Waals surface area contributed by atoms with Gasteiger partial charge < -0.3 is 5.11 Å². The highest BCUT2D eigenvalue weighted by Gasteiger charge is 2.12. The fourth-order valence-electron chi connectivity index (χ4n) is 1.58. The molecule has 1 N–H and O–H groups in total. The number of aromatic nitrogens is 1. The van der Waals surface area contributed by atoms with Crippen LogP contribution in [0.3, 0.4) is 0 Å². The lowest BCUT2D eigenvalue weighted by Crippen LogP contribution is -2.00. The molecule has 0 amide bonds. The van der Waals surface area contributed by atoms with Gasteiger partial charge in [0.2, 0.25) is 0 Å². The summed E-state index contributed by atoms with van der Waals surface area (Å²) >= 11 is 0. The van der Waals surface area contributed by atoms with Crippen LogP contribution < -0.4 is 0 Å². The minimum Gasteiger partial charge on any atom is -0.478 e. The standard InChI is InChI=1S/C12H8N2O2/c1-7-2-4-9-8(6-13)3-5-10(12(15)16)11(9)14-7/h2-5H,1H3,(H,15,16). The van der Waals surface area contributed by atoms with E-state index in [0.29, 0.717) is 16.5 Å². The summed E-state index contributed by atoms with van der Waals surface area (Å²) in [6.07, 6.45) is 0. The van der Waals surface area contributed by atoms with Crippen molar-refractivity contribution in [3.63, 3.8) is 0 Å². The molecular weight excluding hydrogens is 204 g/mol.